The predicted molar refractivity (Wildman–Crippen MR) is 96.5 cm³/mol. The highest BCUT2D eigenvalue weighted by atomic mass is 16.5. The maximum atomic E-state index is 10.8. The molecule has 0 bridgehead atoms. The van der Waals surface area contributed by atoms with Crippen molar-refractivity contribution in [1.82, 2.24) is 4.90 Å². The van der Waals surface area contributed by atoms with Crippen molar-refractivity contribution >= 4 is 5.97 Å². The number of benzene rings is 2. The first-order valence-corrected chi connectivity index (χ1v) is 8.45. The van der Waals surface area contributed by atoms with Gasteiger partial charge in [0, 0.05) is 37.4 Å². The monoisotopic (exact) mass is 335 g/mol. The van der Waals surface area contributed by atoms with Crippen molar-refractivity contribution in [2.45, 2.75) is 13.0 Å². The van der Waals surface area contributed by atoms with Crippen molar-refractivity contribution in [2.24, 2.45) is 0 Å². The van der Waals surface area contributed by atoms with Gasteiger partial charge >= 0.3 is 5.97 Å². The predicted octanol–water partition coefficient (Wildman–Crippen LogP) is 3.01. The molecule has 3 rings (SSSR count). The lowest BCUT2D eigenvalue weighted by molar-refractivity contribution is 0.0697. The third-order valence-electron chi connectivity index (χ3n) is 4.16. The zero-order valence-electron chi connectivity index (χ0n) is 14.1. The normalized spacial score (nSPS) is 15.0. The van der Waals surface area contributed by atoms with Crippen LogP contribution in [0, 0.1) is 11.8 Å². The van der Waals surface area contributed by atoms with Gasteiger partial charge in [-0.2, -0.15) is 0 Å². The molecule has 0 aliphatic carbocycles. The average molecular weight is 335 g/mol. The molecular formula is C21H21NO3. The highest BCUT2D eigenvalue weighted by Gasteiger charge is 2.09. The van der Waals surface area contributed by atoms with Gasteiger partial charge < -0.3 is 9.84 Å². The maximum absolute atomic E-state index is 10.8. The van der Waals surface area contributed by atoms with Crippen molar-refractivity contribution < 1.29 is 14.6 Å². The van der Waals surface area contributed by atoms with Gasteiger partial charge in [0.25, 0.3) is 0 Å². The molecule has 25 heavy (non-hydrogen) atoms. The summed E-state index contributed by atoms with van der Waals surface area (Å²) in [6.07, 6.45) is 1.09. The summed E-state index contributed by atoms with van der Waals surface area (Å²) in [5.74, 6) is 5.26. The molecular weight excluding hydrogens is 314 g/mol. The highest BCUT2D eigenvalue weighted by molar-refractivity contribution is 5.87. The Morgan fingerprint density at radius 1 is 0.960 bits per heavy atom. The molecule has 1 N–H and O–H groups in total. The molecule has 1 aliphatic heterocycles. The van der Waals surface area contributed by atoms with E-state index < -0.39 is 5.97 Å². The van der Waals surface area contributed by atoms with Crippen molar-refractivity contribution in [3.05, 3.63) is 70.8 Å². The van der Waals surface area contributed by atoms with E-state index in [1.54, 1.807) is 24.3 Å². The molecule has 1 aliphatic rings. The minimum Gasteiger partial charge on any atom is -0.478 e. The van der Waals surface area contributed by atoms with Gasteiger partial charge in [0.1, 0.15) is 0 Å². The van der Waals surface area contributed by atoms with Gasteiger partial charge in [-0.1, -0.05) is 24.0 Å². The van der Waals surface area contributed by atoms with E-state index in [1.807, 2.05) is 12.1 Å². The molecule has 1 fully saturated rings. The zero-order chi connectivity index (χ0) is 17.5. The minimum atomic E-state index is -0.925. The maximum Gasteiger partial charge on any atom is 0.335 e. The summed E-state index contributed by atoms with van der Waals surface area (Å²) in [6.45, 7) is 4.66. The number of hydrogen-bond acceptors (Lipinski definition) is 3. The first-order valence-electron chi connectivity index (χ1n) is 8.45. The quantitative estimate of drug-likeness (QED) is 0.876. The van der Waals surface area contributed by atoms with E-state index in [1.165, 1.54) is 5.56 Å². The third-order valence-corrected chi connectivity index (χ3v) is 4.16. The van der Waals surface area contributed by atoms with E-state index in [4.69, 9.17) is 9.84 Å². The molecule has 0 aromatic heterocycles. The number of hydrogen-bond donors (Lipinski definition) is 1. The van der Waals surface area contributed by atoms with Gasteiger partial charge in [-0.15, -0.1) is 0 Å². The fourth-order valence-corrected chi connectivity index (χ4v) is 2.75. The van der Waals surface area contributed by atoms with Gasteiger partial charge in [0.2, 0.25) is 0 Å². The number of rotatable bonds is 3. The second-order valence-electron chi connectivity index (χ2n) is 6.07. The van der Waals surface area contributed by atoms with E-state index in [0.29, 0.717) is 0 Å². The SMILES string of the molecule is O=C(O)c1ccc(C#Cc2ccc(CN3CCCOCC3)cc2)cc1. The van der Waals surface area contributed by atoms with Crippen LogP contribution in [0.5, 0.6) is 0 Å². The number of carboxylic acids is 1. The van der Waals surface area contributed by atoms with Crippen LogP contribution in [-0.2, 0) is 11.3 Å². The Morgan fingerprint density at radius 3 is 2.24 bits per heavy atom. The van der Waals surface area contributed by atoms with Crippen LogP contribution < -0.4 is 0 Å². The Kier molecular flexibility index (Phi) is 5.84. The van der Waals surface area contributed by atoms with Crippen LogP contribution >= 0.6 is 0 Å². The summed E-state index contributed by atoms with van der Waals surface area (Å²) in [5, 5.41) is 8.90. The third kappa shape index (κ3) is 5.18. The van der Waals surface area contributed by atoms with Crippen LogP contribution in [0.2, 0.25) is 0 Å². The molecule has 1 saturated heterocycles. The number of carbonyl (C=O) groups is 1. The summed E-state index contributed by atoms with van der Waals surface area (Å²) in [6, 6.07) is 14.9. The van der Waals surface area contributed by atoms with Crippen LogP contribution in [0.3, 0.4) is 0 Å². The number of ether oxygens (including phenoxy) is 1. The molecule has 4 nitrogen and oxygen atoms in total. The van der Waals surface area contributed by atoms with Crippen molar-refractivity contribution in [3.63, 3.8) is 0 Å². The van der Waals surface area contributed by atoms with Gasteiger partial charge in [0.15, 0.2) is 0 Å². The van der Waals surface area contributed by atoms with E-state index >= 15 is 0 Å². The van der Waals surface area contributed by atoms with E-state index in [0.717, 1.165) is 50.4 Å². The summed E-state index contributed by atoms with van der Waals surface area (Å²) in [7, 11) is 0. The second kappa shape index (κ2) is 8.48. The lowest BCUT2D eigenvalue weighted by Gasteiger charge is -2.18. The Labute approximate surface area is 148 Å². The van der Waals surface area contributed by atoms with E-state index in [-0.39, 0.29) is 5.56 Å². The lowest BCUT2D eigenvalue weighted by Crippen LogP contribution is -2.25. The number of carboxylic acid groups (broad SMARTS) is 1. The summed E-state index contributed by atoms with van der Waals surface area (Å²) in [4.78, 5) is 13.3. The van der Waals surface area contributed by atoms with Crippen molar-refractivity contribution in [1.29, 1.82) is 0 Å². The van der Waals surface area contributed by atoms with Crippen LogP contribution in [0.4, 0.5) is 0 Å². The lowest BCUT2D eigenvalue weighted by atomic mass is 10.1. The molecule has 128 valence electrons. The molecule has 2 aromatic carbocycles. The zero-order valence-corrected chi connectivity index (χ0v) is 14.1. The fourth-order valence-electron chi connectivity index (χ4n) is 2.75. The fraction of sp³-hybridized carbons (Fsp3) is 0.286. The first-order chi connectivity index (χ1) is 12.2. The van der Waals surface area contributed by atoms with Gasteiger partial charge in [-0.05, 0) is 48.4 Å². The molecule has 2 aromatic rings. The molecule has 1 heterocycles. The number of nitrogens with zero attached hydrogens (tertiary/aromatic N) is 1. The summed E-state index contributed by atoms with van der Waals surface area (Å²) >= 11 is 0. The topological polar surface area (TPSA) is 49.8 Å². The molecule has 0 unspecified atom stereocenters. The molecule has 0 saturated carbocycles. The Balaban J connectivity index is 1.61. The molecule has 0 atom stereocenters. The van der Waals surface area contributed by atoms with E-state index in [9.17, 15) is 4.79 Å². The van der Waals surface area contributed by atoms with Crippen molar-refractivity contribution in [3.8, 4) is 11.8 Å². The molecule has 0 spiro atoms. The summed E-state index contributed by atoms with van der Waals surface area (Å²) < 4.78 is 5.48. The largest absolute Gasteiger partial charge is 0.478 e. The van der Waals surface area contributed by atoms with Crippen LogP contribution in [-0.4, -0.2) is 42.3 Å². The van der Waals surface area contributed by atoms with Crippen LogP contribution in [0.15, 0.2) is 48.5 Å². The Morgan fingerprint density at radius 2 is 1.60 bits per heavy atom. The second-order valence-corrected chi connectivity index (χ2v) is 6.07. The van der Waals surface area contributed by atoms with Crippen molar-refractivity contribution in [2.75, 3.05) is 26.3 Å². The smallest absolute Gasteiger partial charge is 0.335 e. The summed E-state index contributed by atoms with van der Waals surface area (Å²) in [5.41, 5.74) is 3.30. The minimum absolute atomic E-state index is 0.272. The standard InChI is InChI=1S/C21H21NO3/c23-21(24)20-10-8-18(9-11-20)3-2-17-4-6-19(7-5-17)16-22-12-1-14-25-15-13-22/h4-11H,1,12-16H2,(H,23,24). The Bertz CT molecular complexity index is 762. The molecule has 0 amide bonds. The number of aromatic carboxylic acids is 1. The Hall–Kier alpha value is -2.61. The van der Waals surface area contributed by atoms with Gasteiger partial charge in [-0.3, -0.25) is 4.90 Å². The van der Waals surface area contributed by atoms with E-state index in [2.05, 4.69) is 28.9 Å². The van der Waals surface area contributed by atoms with Crippen LogP contribution in [0.1, 0.15) is 33.5 Å². The van der Waals surface area contributed by atoms with Gasteiger partial charge in [-0.25, -0.2) is 4.79 Å². The molecule has 0 radical (unpaired) electrons. The molecule has 4 heteroatoms. The first kappa shape index (κ1) is 17.2. The van der Waals surface area contributed by atoms with Crippen LogP contribution in [0.25, 0.3) is 0 Å². The van der Waals surface area contributed by atoms with Gasteiger partial charge in [0.05, 0.1) is 12.2 Å². The average Bonchev–Trinajstić information content (AvgIpc) is 2.90. The highest BCUT2D eigenvalue weighted by Crippen LogP contribution is 2.10.